The van der Waals surface area contributed by atoms with Crippen LogP contribution < -0.4 is 5.32 Å². The lowest BCUT2D eigenvalue weighted by atomic mass is 9.72. The minimum Gasteiger partial charge on any atom is -0.467 e. The number of hydrogen-bond acceptors (Lipinski definition) is 8. The lowest BCUT2D eigenvalue weighted by molar-refractivity contribution is -0.384. The standard InChI is InChI=1S/C25H19FN4O5S2/c1-28-13-19(14-4-2-5-16(10-14)30(33)34)25(22(32)29(23(36)37-25)12-17-6-3-9-35-17)24(28)18-11-15(26)7-8-20(18)27-21(24)31/h2-11,19H,12-13H2,1H3,(H,27,31)/t19-,24-,25+/m1/s1. The molecule has 3 aromatic rings. The summed E-state index contributed by atoms with van der Waals surface area (Å²) >= 11 is 6.76. The van der Waals surface area contributed by atoms with Gasteiger partial charge >= 0.3 is 0 Å². The Morgan fingerprint density at radius 1 is 1.24 bits per heavy atom. The zero-order valence-corrected chi connectivity index (χ0v) is 21.0. The van der Waals surface area contributed by atoms with Crippen molar-refractivity contribution in [3.8, 4) is 0 Å². The fraction of sp³-hybridized carbons (Fsp3) is 0.240. The molecule has 2 fully saturated rings. The highest BCUT2D eigenvalue weighted by molar-refractivity contribution is 8.25. The van der Waals surface area contributed by atoms with Crippen molar-refractivity contribution in [3.63, 3.8) is 0 Å². The number of nitrogens with zero attached hydrogens (tertiary/aromatic N) is 3. The van der Waals surface area contributed by atoms with Gasteiger partial charge in [-0.3, -0.25) is 29.5 Å². The second-order valence-electron chi connectivity index (χ2n) is 9.21. The maximum atomic E-state index is 14.6. The van der Waals surface area contributed by atoms with Crippen molar-refractivity contribution in [2.24, 2.45) is 0 Å². The van der Waals surface area contributed by atoms with Gasteiger partial charge in [-0.2, -0.15) is 0 Å². The number of halogens is 1. The van der Waals surface area contributed by atoms with Gasteiger partial charge in [0.25, 0.3) is 11.6 Å². The molecule has 2 amide bonds. The Balaban J connectivity index is 1.60. The molecule has 37 heavy (non-hydrogen) atoms. The van der Waals surface area contributed by atoms with E-state index in [-0.39, 0.29) is 23.1 Å². The van der Waals surface area contributed by atoms with Crippen molar-refractivity contribution < 1.29 is 23.3 Å². The topological polar surface area (TPSA) is 109 Å². The first-order valence-electron chi connectivity index (χ1n) is 11.3. The van der Waals surface area contributed by atoms with Crippen molar-refractivity contribution in [1.29, 1.82) is 0 Å². The summed E-state index contributed by atoms with van der Waals surface area (Å²) in [6.07, 6.45) is 1.49. The van der Waals surface area contributed by atoms with Crippen LogP contribution in [0.3, 0.4) is 0 Å². The summed E-state index contributed by atoms with van der Waals surface area (Å²) in [5.41, 5.74) is -0.510. The zero-order chi connectivity index (χ0) is 26.1. The van der Waals surface area contributed by atoms with Gasteiger partial charge in [0.05, 0.1) is 17.7 Å². The molecular formula is C25H19FN4O5S2. The highest BCUT2D eigenvalue weighted by atomic mass is 32.2. The van der Waals surface area contributed by atoms with Crippen LogP contribution in [-0.2, 0) is 21.7 Å². The number of benzene rings is 2. The van der Waals surface area contributed by atoms with Crippen molar-refractivity contribution in [3.05, 3.63) is 93.7 Å². The van der Waals surface area contributed by atoms with E-state index in [1.165, 1.54) is 41.5 Å². The lowest BCUT2D eigenvalue weighted by Crippen LogP contribution is -2.61. The normalized spacial score (nSPS) is 26.9. The van der Waals surface area contributed by atoms with Crippen molar-refractivity contribution >= 4 is 51.5 Å². The number of nitro benzene ring substituents is 1. The van der Waals surface area contributed by atoms with Crippen LogP contribution in [0.25, 0.3) is 0 Å². The summed E-state index contributed by atoms with van der Waals surface area (Å²) in [6, 6.07) is 13.5. The van der Waals surface area contributed by atoms with E-state index in [2.05, 4.69) is 5.32 Å². The second kappa shape index (κ2) is 8.20. The number of non-ortho nitro benzene ring substituents is 1. The molecule has 0 saturated carbocycles. The zero-order valence-electron chi connectivity index (χ0n) is 19.3. The van der Waals surface area contributed by atoms with Gasteiger partial charge < -0.3 is 9.73 Å². The molecule has 4 heterocycles. The number of carbonyl (C=O) groups excluding carboxylic acids is 2. The first-order chi connectivity index (χ1) is 17.7. The minimum absolute atomic E-state index is 0.0541. The van der Waals surface area contributed by atoms with E-state index in [9.17, 15) is 24.1 Å². The van der Waals surface area contributed by atoms with E-state index in [1.54, 1.807) is 36.2 Å². The number of carbonyl (C=O) groups is 2. The third-order valence-electron chi connectivity index (χ3n) is 7.41. The average Bonchev–Trinajstić information content (AvgIpc) is 3.60. The predicted molar refractivity (Wildman–Crippen MR) is 137 cm³/mol. The Labute approximate surface area is 219 Å². The number of rotatable bonds is 4. The van der Waals surface area contributed by atoms with E-state index in [4.69, 9.17) is 16.6 Å². The molecule has 2 aromatic carbocycles. The van der Waals surface area contributed by atoms with Crippen LogP contribution in [0, 0.1) is 15.9 Å². The number of furan rings is 1. The summed E-state index contributed by atoms with van der Waals surface area (Å²) in [5.74, 6) is -1.65. The minimum atomic E-state index is -1.62. The molecule has 0 aliphatic carbocycles. The number of anilines is 1. The van der Waals surface area contributed by atoms with Crippen molar-refractivity contribution in [1.82, 2.24) is 9.80 Å². The highest BCUT2D eigenvalue weighted by Crippen LogP contribution is 2.66. The number of likely N-dealkylation sites (tertiary alicyclic amines) is 1. The molecule has 1 aromatic heterocycles. The molecule has 9 nitrogen and oxygen atoms in total. The van der Waals surface area contributed by atoms with E-state index >= 15 is 0 Å². The number of amides is 2. The summed E-state index contributed by atoms with van der Waals surface area (Å²) in [4.78, 5) is 42.7. The van der Waals surface area contributed by atoms with E-state index in [0.717, 1.165) is 11.8 Å². The van der Waals surface area contributed by atoms with E-state index in [0.29, 0.717) is 22.6 Å². The summed E-state index contributed by atoms with van der Waals surface area (Å²) in [7, 11) is 1.70. The monoisotopic (exact) mass is 538 g/mol. The van der Waals surface area contributed by atoms with Crippen molar-refractivity contribution in [2.45, 2.75) is 22.7 Å². The molecule has 2 spiro atoms. The maximum absolute atomic E-state index is 14.6. The van der Waals surface area contributed by atoms with Gasteiger partial charge in [0.1, 0.15) is 20.6 Å². The van der Waals surface area contributed by atoms with Gasteiger partial charge in [-0.15, -0.1) is 0 Å². The molecule has 0 radical (unpaired) electrons. The summed E-state index contributed by atoms with van der Waals surface area (Å²) in [6.45, 7) is 0.249. The lowest BCUT2D eigenvalue weighted by Gasteiger charge is -2.41. The Kier molecular flexibility index (Phi) is 5.27. The van der Waals surface area contributed by atoms with Crippen LogP contribution >= 0.6 is 24.0 Å². The Hall–Kier alpha value is -3.61. The number of thioether (sulfide) groups is 1. The van der Waals surface area contributed by atoms with Gasteiger partial charge in [0.2, 0.25) is 5.91 Å². The summed E-state index contributed by atoms with van der Waals surface area (Å²) in [5, 5.41) is 14.4. The maximum Gasteiger partial charge on any atom is 0.269 e. The van der Waals surface area contributed by atoms with Gasteiger partial charge in [-0.05, 0) is 42.9 Å². The van der Waals surface area contributed by atoms with Gasteiger partial charge in [-0.25, -0.2) is 4.39 Å². The molecular weight excluding hydrogens is 519 g/mol. The van der Waals surface area contributed by atoms with Gasteiger partial charge in [0, 0.05) is 35.8 Å². The number of fused-ring (bicyclic) bond motifs is 3. The molecule has 188 valence electrons. The van der Waals surface area contributed by atoms with Crippen LogP contribution in [0.4, 0.5) is 15.8 Å². The fourth-order valence-corrected chi connectivity index (χ4v) is 8.07. The quantitative estimate of drug-likeness (QED) is 0.302. The smallest absolute Gasteiger partial charge is 0.269 e. The Morgan fingerprint density at radius 2 is 2.05 bits per heavy atom. The van der Waals surface area contributed by atoms with E-state index < -0.39 is 38.8 Å². The number of nitrogens with one attached hydrogen (secondary N) is 1. The molecule has 0 unspecified atom stereocenters. The first-order valence-corrected chi connectivity index (χ1v) is 12.6. The molecule has 1 N–H and O–H groups in total. The number of hydrogen-bond donors (Lipinski definition) is 1. The highest BCUT2D eigenvalue weighted by Gasteiger charge is 2.77. The van der Waals surface area contributed by atoms with Gasteiger partial charge in [0.15, 0.2) is 5.54 Å². The SMILES string of the molecule is CN1C[C@H](c2cccc([N+](=O)[O-])c2)[C@@]2(SC(=S)N(Cc3ccco3)C2=O)[C@@]12C(=O)Nc1ccc(F)cc12. The number of nitro groups is 1. The van der Waals surface area contributed by atoms with E-state index in [1.807, 2.05) is 0 Å². The first kappa shape index (κ1) is 23.8. The van der Waals surface area contributed by atoms with Gasteiger partial charge in [-0.1, -0.05) is 36.1 Å². The fourth-order valence-electron chi connectivity index (χ4n) is 5.94. The molecule has 6 rings (SSSR count). The Bertz CT molecular complexity index is 1500. The Morgan fingerprint density at radius 3 is 2.78 bits per heavy atom. The van der Waals surface area contributed by atoms with Crippen LogP contribution in [0.1, 0.15) is 22.8 Å². The third-order valence-corrected chi connectivity index (χ3v) is 9.36. The molecule has 12 heteroatoms. The summed E-state index contributed by atoms with van der Waals surface area (Å²) < 4.78 is 18.7. The van der Waals surface area contributed by atoms with Crippen molar-refractivity contribution in [2.75, 3.05) is 18.9 Å². The molecule has 3 atom stereocenters. The largest absolute Gasteiger partial charge is 0.467 e. The number of likely N-dealkylation sites (N-methyl/N-ethyl adjacent to an activating group) is 1. The third kappa shape index (κ3) is 3.09. The van der Waals surface area contributed by atoms with Crippen LogP contribution in [0.5, 0.6) is 0 Å². The van der Waals surface area contributed by atoms with Crippen LogP contribution in [0.2, 0.25) is 0 Å². The second-order valence-corrected chi connectivity index (χ2v) is 11.1. The molecule has 3 aliphatic rings. The van der Waals surface area contributed by atoms with Crippen LogP contribution in [0.15, 0.2) is 65.3 Å². The average molecular weight is 539 g/mol. The van der Waals surface area contributed by atoms with Crippen LogP contribution in [-0.4, -0.2) is 49.2 Å². The molecule has 3 aliphatic heterocycles. The molecule has 0 bridgehead atoms. The molecule has 2 saturated heterocycles. The predicted octanol–water partition coefficient (Wildman–Crippen LogP) is 4.00. The number of thiocarbonyl (C=S) groups is 1.